The molecular formula is C15H13IN2O. The minimum Gasteiger partial charge on any atom is -0.356 e. The number of hydrogen-bond donors (Lipinski definition) is 1. The summed E-state index contributed by atoms with van der Waals surface area (Å²) in [4.78, 5) is 12.1. The summed E-state index contributed by atoms with van der Waals surface area (Å²) in [5.41, 5.74) is 4.87. The van der Waals surface area contributed by atoms with E-state index in [1.165, 1.54) is 5.56 Å². The monoisotopic (exact) mass is 364 g/mol. The fourth-order valence-corrected chi connectivity index (χ4v) is 2.84. The minimum atomic E-state index is -0.0275. The SMILES string of the molecule is Cc1cn(C)cc1C=C1C(=O)Nc2ccc(I)cc21. The second-order valence-electron chi connectivity index (χ2n) is 4.76. The van der Waals surface area contributed by atoms with Crippen molar-refractivity contribution in [3.63, 3.8) is 0 Å². The highest BCUT2D eigenvalue weighted by molar-refractivity contribution is 14.1. The van der Waals surface area contributed by atoms with Gasteiger partial charge < -0.3 is 9.88 Å². The van der Waals surface area contributed by atoms with Crippen LogP contribution in [0.5, 0.6) is 0 Å². The minimum absolute atomic E-state index is 0.0275. The topological polar surface area (TPSA) is 34.0 Å². The Morgan fingerprint density at radius 1 is 1.32 bits per heavy atom. The molecule has 2 aromatic rings. The fourth-order valence-electron chi connectivity index (χ4n) is 2.35. The van der Waals surface area contributed by atoms with Crippen LogP contribution < -0.4 is 5.32 Å². The molecule has 0 fully saturated rings. The summed E-state index contributed by atoms with van der Waals surface area (Å²) in [6, 6.07) is 5.99. The van der Waals surface area contributed by atoms with Crippen LogP contribution in [0.25, 0.3) is 11.6 Å². The fraction of sp³-hybridized carbons (Fsp3) is 0.133. The van der Waals surface area contributed by atoms with Crippen LogP contribution in [0.4, 0.5) is 5.69 Å². The van der Waals surface area contributed by atoms with Crippen LogP contribution in [0.15, 0.2) is 30.6 Å². The van der Waals surface area contributed by atoms with E-state index in [4.69, 9.17) is 0 Å². The molecule has 1 amide bonds. The summed E-state index contributed by atoms with van der Waals surface area (Å²) in [5.74, 6) is -0.0275. The first-order chi connectivity index (χ1) is 9.04. The number of fused-ring (bicyclic) bond motifs is 1. The van der Waals surface area contributed by atoms with Gasteiger partial charge in [0.1, 0.15) is 0 Å². The molecule has 0 unspecified atom stereocenters. The quantitative estimate of drug-likeness (QED) is 0.611. The summed E-state index contributed by atoms with van der Waals surface area (Å²) in [6.07, 6.45) is 6.04. The first kappa shape index (κ1) is 12.5. The van der Waals surface area contributed by atoms with Crippen molar-refractivity contribution >= 4 is 45.8 Å². The normalized spacial score (nSPS) is 15.7. The second-order valence-corrected chi connectivity index (χ2v) is 6.01. The molecule has 0 aliphatic carbocycles. The third-order valence-corrected chi connectivity index (χ3v) is 3.93. The number of benzene rings is 1. The lowest BCUT2D eigenvalue weighted by Crippen LogP contribution is -2.03. The predicted octanol–water partition coefficient (Wildman–Crippen LogP) is 3.43. The van der Waals surface area contributed by atoms with Crippen LogP contribution in [0.1, 0.15) is 16.7 Å². The zero-order chi connectivity index (χ0) is 13.6. The molecule has 0 bridgehead atoms. The molecule has 3 rings (SSSR count). The van der Waals surface area contributed by atoms with Crippen molar-refractivity contribution in [1.29, 1.82) is 0 Å². The van der Waals surface area contributed by atoms with E-state index >= 15 is 0 Å². The molecule has 2 heterocycles. The molecule has 1 aromatic heterocycles. The Morgan fingerprint density at radius 2 is 2.11 bits per heavy atom. The van der Waals surface area contributed by atoms with Crippen LogP contribution in [-0.2, 0) is 11.8 Å². The standard InChI is InChI=1S/C15H13IN2O/c1-9-7-18(2)8-10(9)5-13-12-6-11(16)3-4-14(12)17-15(13)19/h3-8H,1-2H3,(H,17,19). The number of amides is 1. The van der Waals surface area contributed by atoms with Gasteiger partial charge in [0.2, 0.25) is 0 Å². The van der Waals surface area contributed by atoms with Crippen LogP contribution in [0.2, 0.25) is 0 Å². The van der Waals surface area contributed by atoms with E-state index in [0.717, 1.165) is 26.0 Å². The molecule has 0 radical (unpaired) electrons. The van der Waals surface area contributed by atoms with Crippen LogP contribution in [0.3, 0.4) is 0 Å². The van der Waals surface area contributed by atoms with E-state index in [9.17, 15) is 4.79 Å². The highest BCUT2D eigenvalue weighted by Gasteiger charge is 2.24. The van der Waals surface area contributed by atoms with Crippen molar-refractivity contribution in [2.45, 2.75) is 6.92 Å². The van der Waals surface area contributed by atoms with Gasteiger partial charge in [0.05, 0.1) is 0 Å². The maximum Gasteiger partial charge on any atom is 0.256 e. The molecule has 3 nitrogen and oxygen atoms in total. The van der Waals surface area contributed by atoms with Crippen LogP contribution >= 0.6 is 22.6 Å². The first-order valence-corrected chi connectivity index (χ1v) is 7.08. The second kappa shape index (κ2) is 4.52. The van der Waals surface area contributed by atoms with Crippen LogP contribution in [0, 0.1) is 10.5 Å². The molecule has 19 heavy (non-hydrogen) atoms. The van der Waals surface area contributed by atoms with Crippen LogP contribution in [-0.4, -0.2) is 10.5 Å². The highest BCUT2D eigenvalue weighted by atomic mass is 127. The zero-order valence-corrected chi connectivity index (χ0v) is 12.9. The lowest BCUT2D eigenvalue weighted by molar-refractivity contribution is -0.110. The maximum atomic E-state index is 12.1. The lowest BCUT2D eigenvalue weighted by Gasteiger charge is -1.99. The van der Waals surface area contributed by atoms with Gasteiger partial charge >= 0.3 is 0 Å². The number of carbonyl (C=O) groups is 1. The number of nitrogens with one attached hydrogen (secondary N) is 1. The third-order valence-electron chi connectivity index (χ3n) is 3.26. The molecule has 0 saturated carbocycles. The smallest absolute Gasteiger partial charge is 0.256 e. The van der Waals surface area contributed by atoms with Gasteiger partial charge in [-0.15, -0.1) is 0 Å². The van der Waals surface area contributed by atoms with Gasteiger partial charge in [0, 0.05) is 39.8 Å². The predicted molar refractivity (Wildman–Crippen MR) is 85.8 cm³/mol. The number of hydrogen-bond acceptors (Lipinski definition) is 1. The summed E-state index contributed by atoms with van der Waals surface area (Å²) in [6.45, 7) is 2.05. The van der Waals surface area contributed by atoms with E-state index in [1.807, 2.05) is 42.1 Å². The van der Waals surface area contributed by atoms with E-state index in [1.54, 1.807) is 0 Å². The van der Waals surface area contributed by atoms with Crippen molar-refractivity contribution in [3.05, 3.63) is 50.9 Å². The van der Waals surface area contributed by atoms with E-state index in [-0.39, 0.29) is 5.91 Å². The van der Waals surface area contributed by atoms with Gasteiger partial charge in [-0.2, -0.15) is 0 Å². The maximum absolute atomic E-state index is 12.1. The molecule has 96 valence electrons. The number of rotatable bonds is 1. The van der Waals surface area contributed by atoms with E-state index in [0.29, 0.717) is 0 Å². The van der Waals surface area contributed by atoms with E-state index in [2.05, 4.69) is 41.0 Å². The summed E-state index contributed by atoms with van der Waals surface area (Å²) < 4.78 is 3.13. The Balaban J connectivity index is 2.14. The Labute approximate surface area is 125 Å². The van der Waals surface area contributed by atoms with Gasteiger partial charge in [-0.25, -0.2) is 0 Å². The summed E-state index contributed by atoms with van der Waals surface area (Å²) in [5, 5.41) is 2.90. The van der Waals surface area contributed by atoms with Crippen molar-refractivity contribution in [3.8, 4) is 0 Å². The lowest BCUT2D eigenvalue weighted by atomic mass is 10.0. The largest absolute Gasteiger partial charge is 0.356 e. The summed E-state index contributed by atoms with van der Waals surface area (Å²) in [7, 11) is 1.99. The number of anilines is 1. The van der Waals surface area contributed by atoms with Gasteiger partial charge in [-0.1, -0.05) is 0 Å². The molecule has 0 saturated heterocycles. The first-order valence-electron chi connectivity index (χ1n) is 6.00. The van der Waals surface area contributed by atoms with Crippen molar-refractivity contribution in [2.24, 2.45) is 7.05 Å². The zero-order valence-electron chi connectivity index (χ0n) is 10.7. The van der Waals surface area contributed by atoms with Gasteiger partial charge in [-0.3, -0.25) is 4.79 Å². The Morgan fingerprint density at radius 3 is 2.79 bits per heavy atom. The molecule has 1 aliphatic heterocycles. The average molecular weight is 364 g/mol. The van der Waals surface area contributed by atoms with Crippen molar-refractivity contribution in [1.82, 2.24) is 4.57 Å². The summed E-state index contributed by atoms with van der Waals surface area (Å²) >= 11 is 2.26. The Bertz CT molecular complexity index is 713. The number of nitrogens with zero attached hydrogens (tertiary/aromatic N) is 1. The number of halogens is 1. The molecular weight excluding hydrogens is 351 g/mol. The van der Waals surface area contributed by atoms with Crippen molar-refractivity contribution in [2.75, 3.05) is 5.32 Å². The molecule has 0 spiro atoms. The average Bonchev–Trinajstić information content (AvgIpc) is 2.81. The number of carbonyl (C=O) groups excluding carboxylic acids is 1. The highest BCUT2D eigenvalue weighted by Crippen LogP contribution is 2.34. The molecule has 1 aliphatic rings. The van der Waals surface area contributed by atoms with Gasteiger partial charge in [0.25, 0.3) is 5.91 Å². The Kier molecular flexibility index (Phi) is 2.97. The van der Waals surface area contributed by atoms with Gasteiger partial charge in [-0.05, 0) is 64.9 Å². The third kappa shape index (κ3) is 2.20. The van der Waals surface area contributed by atoms with Crippen molar-refractivity contribution < 1.29 is 4.79 Å². The molecule has 1 aromatic carbocycles. The van der Waals surface area contributed by atoms with E-state index < -0.39 is 0 Å². The Hall–Kier alpha value is -1.56. The molecule has 0 atom stereocenters. The number of aryl methyl sites for hydroxylation is 2. The molecule has 1 N–H and O–H groups in total. The number of aromatic nitrogens is 1. The molecule has 4 heteroatoms. The van der Waals surface area contributed by atoms with Gasteiger partial charge in [0.15, 0.2) is 0 Å².